The minimum absolute atomic E-state index is 0.116. The molecule has 2 rings (SSSR count). The fourth-order valence-electron chi connectivity index (χ4n) is 1.65. The van der Waals surface area contributed by atoms with Crippen LogP contribution in [-0.4, -0.2) is 36.8 Å². The summed E-state index contributed by atoms with van der Waals surface area (Å²) in [4.78, 5) is 0.225. The van der Waals surface area contributed by atoms with Gasteiger partial charge in [0.15, 0.2) is 0 Å². The van der Waals surface area contributed by atoms with E-state index in [1.165, 1.54) is 19.0 Å². The van der Waals surface area contributed by atoms with Crippen molar-refractivity contribution in [3.05, 3.63) is 12.4 Å². The Morgan fingerprint density at radius 2 is 2.22 bits per heavy atom. The van der Waals surface area contributed by atoms with Gasteiger partial charge in [-0.3, -0.25) is 4.68 Å². The van der Waals surface area contributed by atoms with Gasteiger partial charge in [-0.1, -0.05) is 0 Å². The van der Waals surface area contributed by atoms with E-state index in [0.717, 1.165) is 6.54 Å². The fourth-order valence-corrected chi connectivity index (χ4v) is 2.86. The summed E-state index contributed by atoms with van der Waals surface area (Å²) in [6, 6.07) is 0.543. The molecule has 0 radical (unpaired) electrons. The first kappa shape index (κ1) is 13.5. The average molecular weight is 272 g/mol. The Morgan fingerprint density at radius 1 is 1.50 bits per heavy atom. The summed E-state index contributed by atoms with van der Waals surface area (Å²) in [6.45, 7) is 5.10. The van der Waals surface area contributed by atoms with Gasteiger partial charge in [-0.15, -0.1) is 0 Å². The second-order valence-electron chi connectivity index (χ2n) is 4.94. The molecule has 0 atom stereocenters. The first-order chi connectivity index (χ1) is 8.47. The van der Waals surface area contributed by atoms with E-state index in [1.807, 2.05) is 0 Å². The average Bonchev–Trinajstić information content (AvgIpc) is 2.92. The van der Waals surface area contributed by atoms with E-state index in [4.69, 9.17) is 0 Å². The Hall–Kier alpha value is -0.920. The summed E-state index contributed by atoms with van der Waals surface area (Å²) in [6.07, 6.45) is 5.45. The van der Waals surface area contributed by atoms with E-state index >= 15 is 0 Å². The van der Waals surface area contributed by atoms with Gasteiger partial charge in [0.1, 0.15) is 4.90 Å². The summed E-state index contributed by atoms with van der Waals surface area (Å²) in [7, 11) is -3.42. The van der Waals surface area contributed by atoms with E-state index < -0.39 is 10.0 Å². The van der Waals surface area contributed by atoms with Crippen molar-refractivity contribution >= 4 is 10.0 Å². The van der Waals surface area contributed by atoms with Crippen LogP contribution in [0.25, 0.3) is 0 Å². The predicted molar refractivity (Wildman–Crippen MR) is 68.7 cm³/mol. The van der Waals surface area contributed by atoms with Gasteiger partial charge in [0.2, 0.25) is 10.0 Å². The maximum atomic E-state index is 11.9. The van der Waals surface area contributed by atoms with Gasteiger partial charge < -0.3 is 5.32 Å². The van der Waals surface area contributed by atoms with Crippen LogP contribution >= 0.6 is 0 Å². The molecule has 7 heteroatoms. The quantitative estimate of drug-likeness (QED) is 0.749. The molecule has 1 fully saturated rings. The molecular weight excluding hydrogens is 252 g/mol. The van der Waals surface area contributed by atoms with Gasteiger partial charge in [-0.25, -0.2) is 13.1 Å². The highest BCUT2D eigenvalue weighted by Crippen LogP contribution is 2.18. The van der Waals surface area contributed by atoms with Crippen LogP contribution in [0.4, 0.5) is 0 Å². The number of sulfonamides is 1. The first-order valence-electron chi connectivity index (χ1n) is 6.25. The van der Waals surface area contributed by atoms with Crippen molar-refractivity contribution in [2.45, 2.75) is 50.2 Å². The molecule has 1 heterocycles. The molecule has 0 aromatic carbocycles. The van der Waals surface area contributed by atoms with Crippen molar-refractivity contribution in [3.63, 3.8) is 0 Å². The van der Waals surface area contributed by atoms with Gasteiger partial charge >= 0.3 is 0 Å². The number of hydrogen-bond donors (Lipinski definition) is 2. The smallest absolute Gasteiger partial charge is 0.243 e. The molecule has 0 spiro atoms. The molecule has 1 aromatic rings. The normalized spacial score (nSPS) is 16.4. The summed E-state index contributed by atoms with van der Waals surface area (Å²) in [5.41, 5.74) is 0. The lowest BCUT2D eigenvalue weighted by atomic mass is 10.4. The Morgan fingerprint density at radius 3 is 2.83 bits per heavy atom. The van der Waals surface area contributed by atoms with Crippen molar-refractivity contribution in [3.8, 4) is 0 Å². The number of rotatable bonds is 7. The first-order valence-corrected chi connectivity index (χ1v) is 7.74. The van der Waals surface area contributed by atoms with Gasteiger partial charge in [0.05, 0.1) is 12.7 Å². The van der Waals surface area contributed by atoms with Crippen molar-refractivity contribution in [2.24, 2.45) is 0 Å². The lowest BCUT2D eigenvalue weighted by Crippen LogP contribution is -2.30. The molecule has 0 saturated heterocycles. The second kappa shape index (κ2) is 5.38. The summed E-state index contributed by atoms with van der Waals surface area (Å²) < 4.78 is 27.9. The largest absolute Gasteiger partial charge is 0.312 e. The maximum absolute atomic E-state index is 11.9. The van der Waals surface area contributed by atoms with Crippen molar-refractivity contribution in [1.29, 1.82) is 0 Å². The van der Waals surface area contributed by atoms with E-state index in [-0.39, 0.29) is 10.9 Å². The van der Waals surface area contributed by atoms with Crippen LogP contribution in [0.15, 0.2) is 17.3 Å². The Balaban J connectivity index is 1.91. The van der Waals surface area contributed by atoms with E-state index in [2.05, 4.69) is 15.1 Å². The molecule has 2 N–H and O–H groups in total. The number of aromatic nitrogens is 2. The Bertz CT molecular complexity index is 491. The monoisotopic (exact) mass is 272 g/mol. The molecule has 0 amide bonds. The van der Waals surface area contributed by atoms with Crippen LogP contribution in [0.1, 0.15) is 26.7 Å². The number of nitrogens with zero attached hydrogens (tertiary/aromatic N) is 2. The zero-order chi connectivity index (χ0) is 13.2. The van der Waals surface area contributed by atoms with Gasteiger partial charge in [0, 0.05) is 24.8 Å². The minimum atomic E-state index is -3.42. The maximum Gasteiger partial charge on any atom is 0.243 e. The molecule has 1 aromatic heterocycles. The zero-order valence-corrected chi connectivity index (χ0v) is 11.6. The van der Waals surface area contributed by atoms with E-state index in [0.29, 0.717) is 12.6 Å². The molecule has 0 unspecified atom stereocenters. The summed E-state index contributed by atoms with van der Waals surface area (Å²) in [5, 5.41) is 7.42. The van der Waals surface area contributed by atoms with Crippen molar-refractivity contribution in [2.75, 3.05) is 6.54 Å². The second-order valence-corrected chi connectivity index (χ2v) is 6.66. The predicted octanol–water partition coefficient (Wildman–Crippen LogP) is 0.322. The third-order valence-electron chi connectivity index (χ3n) is 2.66. The Labute approximate surface area is 108 Å². The third kappa shape index (κ3) is 3.79. The highest BCUT2D eigenvalue weighted by molar-refractivity contribution is 7.89. The van der Waals surface area contributed by atoms with Crippen LogP contribution in [0.2, 0.25) is 0 Å². The Kier molecular flexibility index (Phi) is 4.04. The summed E-state index contributed by atoms with van der Waals surface area (Å²) in [5.74, 6) is 0. The summed E-state index contributed by atoms with van der Waals surface area (Å²) >= 11 is 0. The zero-order valence-electron chi connectivity index (χ0n) is 10.8. The lowest BCUT2D eigenvalue weighted by Gasteiger charge is -2.07. The number of nitrogens with one attached hydrogen (secondary N) is 2. The molecule has 0 bridgehead atoms. The van der Waals surface area contributed by atoms with Crippen molar-refractivity contribution in [1.82, 2.24) is 19.8 Å². The van der Waals surface area contributed by atoms with Gasteiger partial charge in [-0.2, -0.15) is 5.10 Å². The van der Waals surface area contributed by atoms with Crippen LogP contribution in [0.5, 0.6) is 0 Å². The number of hydrogen-bond acceptors (Lipinski definition) is 4. The topological polar surface area (TPSA) is 76.0 Å². The molecule has 6 nitrogen and oxygen atoms in total. The lowest BCUT2D eigenvalue weighted by molar-refractivity contribution is 0.550. The van der Waals surface area contributed by atoms with E-state index in [9.17, 15) is 8.42 Å². The third-order valence-corrected chi connectivity index (χ3v) is 4.28. The van der Waals surface area contributed by atoms with Crippen LogP contribution in [-0.2, 0) is 16.6 Å². The minimum Gasteiger partial charge on any atom is -0.312 e. The van der Waals surface area contributed by atoms with Crippen LogP contribution < -0.4 is 10.0 Å². The van der Waals surface area contributed by atoms with Crippen molar-refractivity contribution < 1.29 is 8.42 Å². The molecule has 1 aliphatic carbocycles. The van der Waals surface area contributed by atoms with Crippen LogP contribution in [0.3, 0.4) is 0 Å². The molecule has 1 saturated carbocycles. The highest BCUT2D eigenvalue weighted by Gasteiger charge is 2.20. The van der Waals surface area contributed by atoms with Crippen LogP contribution in [0, 0.1) is 0 Å². The molecule has 1 aliphatic rings. The van der Waals surface area contributed by atoms with Gasteiger partial charge in [0.25, 0.3) is 0 Å². The van der Waals surface area contributed by atoms with Gasteiger partial charge in [-0.05, 0) is 26.7 Å². The standard InChI is InChI=1S/C11H20N4O2S/c1-9(2)14-18(16,17)11-7-13-15(8-11)6-5-12-10-3-4-10/h7-10,12,14H,3-6H2,1-2H3. The van der Waals surface area contributed by atoms with E-state index in [1.54, 1.807) is 24.7 Å². The molecule has 102 valence electrons. The SMILES string of the molecule is CC(C)NS(=O)(=O)c1cnn(CCNC2CC2)c1. The highest BCUT2D eigenvalue weighted by atomic mass is 32.2. The molecule has 18 heavy (non-hydrogen) atoms. The fraction of sp³-hybridized carbons (Fsp3) is 0.727. The molecular formula is C11H20N4O2S. The molecule has 0 aliphatic heterocycles.